The molecule has 0 spiro atoms. The van der Waals surface area contributed by atoms with Gasteiger partial charge in [0.25, 0.3) is 0 Å². The van der Waals surface area contributed by atoms with Crippen molar-refractivity contribution in [2.75, 3.05) is 6.61 Å². The van der Waals surface area contributed by atoms with Crippen LogP contribution in [-0.2, 0) is 9.53 Å². The van der Waals surface area contributed by atoms with Crippen molar-refractivity contribution < 1.29 is 9.53 Å². The number of nitrogens with zero attached hydrogens (tertiary/aromatic N) is 1. The Hall–Kier alpha value is -1.19. The zero-order valence-electron chi connectivity index (χ0n) is 11.4. The molecule has 0 saturated carbocycles. The summed E-state index contributed by atoms with van der Waals surface area (Å²) in [4.78, 5) is 13.7. The van der Waals surface area contributed by atoms with Gasteiger partial charge in [0.05, 0.1) is 12.6 Å². The molecule has 0 bridgehead atoms. The van der Waals surface area contributed by atoms with Crippen LogP contribution in [0.5, 0.6) is 0 Å². The number of carbonyl (C=O) groups excluding carboxylic acids is 1. The number of benzene rings is 1. The number of Topliss-reactive ketones (excluding diaryl/α,β-unsaturated/α-hetero) is 1. The summed E-state index contributed by atoms with van der Waals surface area (Å²) in [6.07, 6.45) is 4.18. The summed E-state index contributed by atoms with van der Waals surface area (Å²) in [5.41, 5.74) is 1.33. The van der Waals surface area contributed by atoms with E-state index in [0.29, 0.717) is 24.3 Å². The van der Waals surface area contributed by atoms with Crippen molar-refractivity contribution in [1.29, 1.82) is 0 Å². The predicted octanol–water partition coefficient (Wildman–Crippen LogP) is 2.92. The third kappa shape index (κ3) is 2.58. The van der Waals surface area contributed by atoms with Crippen LogP contribution in [0.2, 0.25) is 0 Å². The summed E-state index contributed by atoms with van der Waals surface area (Å²) in [5.74, 6) is 0.292. The van der Waals surface area contributed by atoms with Crippen LogP contribution in [0.1, 0.15) is 44.2 Å². The molecule has 3 rings (SSSR count). The average molecular weight is 259 g/mol. The second-order valence-electron chi connectivity index (χ2n) is 5.63. The molecule has 102 valence electrons. The Morgan fingerprint density at radius 3 is 2.84 bits per heavy atom. The van der Waals surface area contributed by atoms with E-state index < -0.39 is 0 Å². The molecule has 1 aromatic rings. The van der Waals surface area contributed by atoms with Crippen LogP contribution in [0.25, 0.3) is 0 Å². The van der Waals surface area contributed by atoms with Gasteiger partial charge in [-0.3, -0.25) is 4.90 Å². The van der Waals surface area contributed by atoms with Crippen LogP contribution >= 0.6 is 0 Å². The Labute approximate surface area is 114 Å². The van der Waals surface area contributed by atoms with Gasteiger partial charge in [0, 0.05) is 12.5 Å². The number of ketones is 1. The van der Waals surface area contributed by atoms with Crippen molar-refractivity contribution in [3.05, 3.63) is 35.9 Å². The maximum atomic E-state index is 11.2. The maximum absolute atomic E-state index is 11.2. The molecule has 0 radical (unpaired) electrons. The predicted molar refractivity (Wildman–Crippen MR) is 73.7 cm³/mol. The van der Waals surface area contributed by atoms with Gasteiger partial charge in [-0.15, -0.1) is 0 Å². The van der Waals surface area contributed by atoms with Crippen LogP contribution < -0.4 is 0 Å². The summed E-state index contributed by atoms with van der Waals surface area (Å²) < 4.78 is 5.92. The second-order valence-corrected chi connectivity index (χ2v) is 5.63. The fraction of sp³-hybridized carbons (Fsp3) is 0.562. The van der Waals surface area contributed by atoms with Gasteiger partial charge in [-0.2, -0.15) is 0 Å². The Morgan fingerprint density at radius 2 is 2.11 bits per heavy atom. The topological polar surface area (TPSA) is 29.5 Å². The number of fused-ring (bicyclic) bond motifs is 1. The first-order valence-electron chi connectivity index (χ1n) is 7.19. The standard InChI is InChI=1S/C16H21NO2/c1-12(18)7-8-14-9-10-16-17(14)15(11-19-16)13-5-3-2-4-6-13/h2-6,14-16H,7-11H2,1H3/t14-,15-,16-/m0/s1. The highest BCUT2D eigenvalue weighted by molar-refractivity contribution is 5.75. The minimum atomic E-state index is 0.266. The van der Waals surface area contributed by atoms with E-state index in [0.717, 1.165) is 25.9 Å². The van der Waals surface area contributed by atoms with Gasteiger partial charge in [0.2, 0.25) is 0 Å². The van der Waals surface area contributed by atoms with Gasteiger partial charge < -0.3 is 9.53 Å². The first kappa shape index (κ1) is 12.8. The minimum absolute atomic E-state index is 0.266. The van der Waals surface area contributed by atoms with Crippen LogP contribution in [-0.4, -0.2) is 29.6 Å². The van der Waals surface area contributed by atoms with Crippen LogP contribution in [0.15, 0.2) is 30.3 Å². The maximum Gasteiger partial charge on any atom is 0.129 e. The number of carbonyl (C=O) groups is 1. The molecule has 3 heteroatoms. The van der Waals surface area contributed by atoms with E-state index in [1.54, 1.807) is 6.92 Å². The number of ether oxygens (including phenoxy) is 1. The molecule has 2 heterocycles. The van der Waals surface area contributed by atoms with Gasteiger partial charge in [-0.05, 0) is 31.7 Å². The van der Waals surface area contributed by atoms with E-state index in [4.69, 9.17) is 4.74 Å². The molecule has 0 N–H and O–H groups in total. The average Bonchev–Trinajstić information content (AvgIpc) is 2.99. The molecule has 2 aliphatic rings. The normalized spacial score (nSPS) is 30.5. The van der Waals surface area contributed by atoms with E-state index in [9.17, 15) is 4.79 Å². The summed E-state index contributed by atoms with van der Waals surface area (Å²) in [5, 5.41) is 0. The summed E-state index contributed by atoms with van der Waals surface area (Å²) >= 11 is 0. The third-order valence-corrected chi connectivity index (χ3v) is 4.32. The van der Waals surface area contributed by atoms with Crippen molar-refractivity contribution in [2.24, 2.45) is 0 Å². The highest BCUT2D eigenvalue weighted by atomic mass is 16.5. The lowest BCUT2D eigenvalue weighted by molar-refractivity contribution is -0.117. The lowest BCUT2D eigenvalue weighted by Crippen LogP contribution is -2.34. The van der Waals surface area contributed by atoms with Crippen molar-refractivity contribution in [1.82, 2.24) is 4.90 Å². The zero-order chi connectivity index (χ0) is 13.2. The molecule has 19 heavy (non-hydrogen) atoms. The Bertz CT molecular complexity index is 445. The molecular formula is C16H21NO2. The zero-order valence-corrected chi connectivity index (χ0v) is 11.4. The monoisotopic (exact) mass is 259 g/mol. The molecule has 0 aromatic heterocycles. The Balaban J connectivity index is 1.74. The molecule has 0 amide bonds. The quantitative estimate of drug-likeness (QED) is 0.832. The number of rotatable bonds is 4. The molecule has 2 aliphatic heterocycles. The summed E-state index contributed by atoms with van der Waals surface area (Å²) in [6.45, 7) is 2.47. The van der Waals surface area contributed by atoms with Gasteiger partial charge in [0.15, 0.2) is 0 Å². The van der Waals surface area contributed by atoms with E-state index in [1.165, 1.54) is 5.56 Å². The lowest BCUT2D eigenvalue weighted by Gasteiger charge is -2.28. The molecule has 0 unspecified atom stereocenters. The van der Waals surface area contributed by atoms with Gasteiger partial charge in [0.1, 0.15) is 12.0 Å². The molecular weight excluding hydrogens is 238 g/mol. The SMILES string of the molecule is CC(=O)CC[C@H]1CC[C@@H]2OC[C@@H](c3ccccc3)N12. The first-order chi connectivity index (χ1) is 9.25. The van der Waals surface area contributed by atoms with Crippen molar-refractivity contribution >= 4 is 5.78 Å². The first-order valence-corrected chi connectivity index (χ1v) is 7.19. The van der Waals surface area contributed by atoms with E-state index in [1.807, 2.05) is 6.07 Å². The smallest absolute Gasteiger partial charge is 0.129 e. The van der Waals surface area contributed by atoms with Crippen LogP contribution in [0.3, 0.4) is 0 Å². The summed E-state index contributed by atoms with van der Waals surface area (Å²) in [6, 6.07) is 11.4. The van der Waals surface area contributed by atoms with Crippen LogP contribution in [0.4, 0.5) is 0 Å². The van der Waals surface area contributed by atoms with E-state index >= 15 is 0 Å². The third-order valence-electron chi connectivity index (χ3n) is 4.32. The Kier molecular flexibility index (Phi) is 3.67. The number of hydrogen-bond donors (Lipinski definition) is 0. The molecule has 0 aliphatic carbocycles. The van der Waals surface area contributed by atoms with Gasteiger partial charge >= 0.3 is 0 Å². The largest absolute Gasteiger partial charge is 0.361 e. The van der Waals surface area contributed by atoms with Crippen LogP contribution in [0, 0.1) is 0 Å². The molecule has 1 aromatic carbocycles. The second kappa shape index (κ2) is 5.43. The lowest BCUT2D eigenvalue weighted by atomic mass is 10.0. The fourth-order valence-corrected chi connectivity index (χ4v) is 3.39. The highest BCUT2D eigenvalue weighted by Gasteiger charge is 2.43. The summed E-state index contributed by atoms with van der Waals surface area (Å²) in [7, 11) is 0. The molecule has 3 atom stereocenters. The fourth-order valence-electron chi connectivity index (χ4n) is 3.39. The van der Waals surface area contributed by atoms with E-state index in [2.05, 4.69) is 29.2 Å². The van der Waals surface area contributed by atoms with Crippen molar-refractivity contribution in [3.63, 3.8) is 0 Å². The molecule has 2 fully saturated rings. The Morgan fingerprint density at radius 1 is 1.32 bits per heavy atom. The molecule has 2 saturated heterocycles. The van der Waals surface area contributed by atoms with Gasteiger partial charge in [-0.1, -0.05) is 30.3 Å². The number of hydrogen-bond acceptors (Lipinski definition) is 3. The van der Waals surface area contributed by atoms with Crippen molar-refractivity contribution in [2.45, 2.75) is 50.9 Å². The van der Waals surface area contributed by atoms with E-state index in [-0.39, 0.29) is 6.23 Å². The highest BCUT2D eigenvalue weighted by Crippen LogP contribution is 2.41. The minimum Gasteiger partial charge on any atom is -0.361 e. The van der Waals surface area contributed by atoms with Crippen molar-refractivity contribution in [3.8, 4) is 0 Å². The molecule has 3 nitrogen and oxygen atoms in total. The van der Waals surface area contributed by atoms with Gasteiger partial charge in [-0.25, -0.2) is 0 Å².